The average molecular weight is 478 g/mol. The number of nitrogens with zero attached hydrogens (tertiary/aromatic N) is 2. The lowest BCUT2D eigenvalue weighted by Gasteiger charge is -2.33. The summed E-state index contributed by atoms with van der Waals surface area (Å²) in [6.07, 6.45) is 2.92. The van der Waals surface area contributed by atoms with Crippen LogP contribution in [0.3, 0.4) is 0 Å². The molecule has 0 unspecified atom stereocenters. The van der Waals surface area contributed by atoms with Gasteiger partial charge in [0.25, 0.3) is 0 Å². The molecule has 0 bridgehead atoms. The molecule has 1 amide bonds. The Morgan fingerprint density at radius 1 is 1.03 bits per heavy atom. The second kappa shape index (κ2) is 9.64. The number of anilines is 1. The van der Waals surface area contributed by atoms with E-state index in [0.717, 1.165) is 18.4 Å². The van der Waals surface area contributed by atoms with Gasteiger partial charge in [0.1, 0.15) is 11.4 Å². The second-order valence-corrected chi connectivity index (χ2v) is 8.92. The molecule has 8 heteroatoms. The van der Waals surface area contributed by atoms with Gasteiger partial charge in [-0.25, -0.2) is 9.37 Å². The Labute approximate surface area is 201 Å². The summed E-state index contributed by atoms with van der Waals surface area (Å²) in [6.45, 7) is 2.48. The summed E-state index contributed by atoms with van der Waals surface area (Å²) in [6, 6.07) is 14.3. The van der Waals surface area contributed by atoms with E-state index in [1.54, 1.807) is 36.4 Å². The van der Waals surface area contributed by atoms with Crippen molar-refractivity contribution in [3.63, 3.8) is 0 Å². The van der Waals surface area contributed by atoms with Crippen LogP contribution in [0.4, 0.5) is 14.5 Å². The minimum Gasteiger partial charge on any atom is -0.379 e. The van der Waals surface area contributed by atoms with Crippen molar-refractivity contribution in [2.75, 3.05) is 31.6 Å². The summed E-state index contributed by atoms with van der Waals surface area (Å²) >= 11 is 0. The molecule has 2 aromatic carbocycles. The lowest BCUT2D eigenvalue weighted by Crippen LogP contribution is -2.51. The van der Waals surface area contributed by atoms with Crippen molar-refractivity contribution in [1.82, 2.24) is 9.88 Å². The first-order chi connectivity index (χ1) is 17.0. The molecule has 5 rings (SSSR count). The Balaban J connectivity index is 1.27. The van der Waals surface area contributed by atoms with E-state index in [-0.39, 0.29) is 23.8 Å². The monoisotopic (exact) mass is 477 g/mol. The van der Waals surface area contributed by atoms with Crippen molar-refractivity contribution < 1.29 is 23.1 Å². The number of nitrogens with one attached hydrogen (secondary N) is 1. The van der Waals surface area contributed by atoms with E-state index in [4.69, 9.17) is 4.74 Å². The maximum Gasteiger partial charge on any atom is 0.244 e. The number of rotatable bonds is 7. The molecule has 180 valence electrons. The molecule has 0 atom stereocenters. The number of halogens is 2. The minimum atomic E-state index is -0.619. The fraction of sp³-hybridized carbons (Fsp3) is 0.296. The van der Waals surface area contributed by atoms with Gasteiger partial charge in [0.2, 0.25) is 11.9 Å². The van der Waals surface area contributed by atoms with Gasteiger partial charge in [0.15, 0.2) is 5.78 Å². The van der Waals surface area contributed by atoms with Crippen molar-refractivity contribution in [1.29, 1.82) is 0 Å². The maximum absolute atomic E-state index is 14.5. The summed E-state index contributed by atoms with van der Waals surface area (Å²) in [7, 11) is 0. The highest BCUT2D eigenvalue weighted by molar-refractivity contribution is 6.02. The quantitative estimate of drug-likeness (QED) is 0.407. The van der Waals surface area contributed by atoms with Crippen LogP contribution in [-0.2, 0) is 16.0 Å². The molecule has 3 aromatic rings. The lowest BCUT2D eigenvalue weighted by molar-refractivity contribution is -0.124. The van der Waals surface area contributed by atoms with E-state index in [2.05, 4.69) is 15.2 Å². The van der Waals surface area contributed by atoms with Crippen LogP contribution in [0.1, 0.15) is 28.8 Å². The number of hydrogen-bond donors (Lipinski definition) is 1. The first-order valence-corrected chi connectivity index (χ1v) is 11.6. The van der Waals surface area contributed by atoms with Crippen LogP contribution in [-0.4, -0.2) is 53.4 Å². The number of morpholine rings is 1. The molecule has 0 radical (unpaired) electrons. The zero-order chi connectivity index (χ0) is 24.4. The number of pyridine rings is 1. The Morgan fingerprint density at radius 2 is 1.77 bits per heavy atom. The normalized spacial score (nSPS) is 17.1. The Bertz CT molecular complexity index is 1250. The standard InChI is InChI=1S/C27H25F2N3O3/c28-22-8-7-20(17-23(22)31-26(34)27(9-10-27)32-12-14-35-15-13-32)24(33)16-18-3-5-19(6-4-18)21-2-1-11-30-25(21)29/h1-8,11,17H,9-10,12-16H2,(H,31,34). The van der Waals surface area contributed by atoms with Gasteiger partial charge in [0.05, 0.1) is 18.9 Å². The molecular weight excluding hydrogens is 452 g/mol. The highest BCUT2D eigenvalue weighted by atomic mass is 19.1. The van der Waals surface area contributed by atoms with E-state index >= 15 is 0 Å². The summed E-state index contributed by atoms with van der Waals surface area (Å²) in [4.78, 5) is 31.7. The molecule has 35 heavy (non-hydrogen) atoms. The number of ether oxygens (including phenoxy) is 1. The number of amides is 1. The molecular formula is C27H25F2N3O3. The summed E-state index contributed by atoms with van der Waals surface area (Å²) in [5, 5.41) is 2.71. The Morgan fingerprint density at radius 3 is 2.46 bits per heavy atom. The summed E-state index contributed by atoms with van der Waals surface area (Å²) in [5.41, 5.74) is 1.47. The number of carbonyl (C=O) groups is 2. The predicted octanol–water partition coefficient (Wildman–Crippen LogP) is 4.26. The van der Waals surface area contributed by atoms with Gasteiger partial charge >= 0.3 is 0 Å². The minimum absolute atomic E-state index is 0.00258. The maximum atomic E-state index is 14.5. The number of carbonyl (C=O) groups excluding carboxylic acids is 2. The number of Topliss-reactive ketones (excluding diaryl/α,β-unsaturated/α-hetero) is 1. The SMILES string of the molecule is O=C(Cc1ccc(-c2cccnc2F)cc1)c1ccc(F)c(NC(=O)C2(N3CCOCC3)CC2)c1. The third-order valence-corrected chi connectivity index (χ3v) is 6.69. The van der Waals surface area contributed by atoms with Gasteiger partial charge in [-0.05, 0) is 54.3 Å². The van der Waals surface area contributed by atoms with E-state index in [1.165, 1.54) is 24.4 Å². The Kier molecular flexibility index (Phi) is 6.40. The third kappa shape index (κ3) is 4.85. The van der Waals surface area contributed by atoms with E-state index in [9.17, 15) is 18.4 Å². The van der Waals surface area contributed by atoms with Crippen LogP contribution in [0.15, 0.2) is 60.8 Å². The van der Waals surface area contributed by atoms with Crippen LogP contribution < -0.4 is 5.32 Å². The molecule has 1 N–H and O–H groups in total. The van der Waals surface area contributed by atoms with Gasteiger partial charge in [0, 0.05) is 36.8 Å². The Hall–Kier alpha value is -3.49. The molecule has 1 aliphatic carbocycles. The van der Waals surface area contributed by atoms with Crippen LogP contribution in [0.2, 0.25) is 0 Å². The van der Waals surface area contributed by atoms with Gasteiger partial charge in [-0.15, -0.1) is 0 Å². The van der Waals surface area contributed by atoms with E-state index in [1.807, 2.05) is 0 Å². The number of ketones is 1. The van der Waals surface area contributed by atoms with Crippen LogP contribution in [0, 0.1) is 11.8 Å². The number of aromatic nitrogens is 1. The molecule has 1 aromatic heterocycles. The predicted molar refractivity (Wildman–Crippen MR) is 127 cm³/mol. The van der Waals surface area contributed by atoms with Crippen molar-refractivity contribution in [2.24, 2.45) is 0 Å². The lowest BCUT2D eigenvalue weighted by atomic mass is 9.99. The van der Waals surface area contributed by atoms with Gasteiger partial charge in [-0.2, -0.15) is 4.39 Å². The highest BCUT2D eigenvalue weighted by Gasteiger charge is 2.54. The van der Waals surface area contributed by atoms with Crippen LogP contribution >= 0.6 is 0 Å². The topological polar surface area (TPSA) is 71.5 Å². The average Bonchev–Trinajstić information content (AvgIpc) is 3.69. The van der Waals surface area contributed by atoms with Crippen molar-refractivity contribution in [3.8, 4) is 11.1 Å². The molecule has 2 heterocycles. The van der Waals surface area contributed by atoms with Gasteiger partial charge < -0.3 is 10.1 Å². The largest absolute Gasteiger partial charge is 0.379 e. The van der Waals surface area contributed by atoms with Crippen molar-refractivity contribution in [3.05, 3.63) is 83.7 Å². The highest BCUT2D eigenvalue weighted by Crippen LogP contribution is 2.43. The molecule has 2 aliphatic rings. The summed E-state index contributed by atoms with van der Waals surface area (Å²) < 4.78 is 33.8. The summed E-state index contributed by atoms with van der Waals surface area (Å²) in [5.74, 6) is -1.61. The first kappa shape index (κ1) is 23.3. The van der Waals surface area contributed by atoms with Crippen LogP contribution in [0.25, 0.3) is 11.1 Å². The second-order valence-electron chi connectivity index (χ2n) is 8.92. The molecule has 0 spiro atoms. The molecule has 6 nitrogen and oxygen atoms in total. The van der Waals surface area contributed by atoms with Crippen LogP contribution in [0.5, 0.6) is 0 Å². The molecule has 1 saturated carbocycles. The number of hydrogen-bond acceptors (Lipinski definition) is 5. The van der Waals surface area contributed by atoms with E-state index < -0.39 is 17.3 Å². The van der Waals surface area contributed by atoms with Crippen molar-refractivity contribution in [2.45, 2.75) is 24.8 Å². The molecule has 1 aliphatic heterocycles. The number of benzene rings is 2. The first-order valence-electron chi connectivity index (χ1n) is 11.6. The van der Waals surface area contributed by atoms with Gasteiger partial charge in [-0.1, -0.05) is 24.3 Å². The fourth-order valence-corrected chi connectivity index (χ4v) is 4.52. The van der Waals surface area contributed by atoms with E-state index in [0.29, 0.717) is 43.0 Å². The zero-order valence-corrected chi connectivity index (χ0v) is 19.1. The molecule has 1 saturated heterocycles. The van der Waals surface area contributed by atoms with Crippen molar-refractivity contribution >= 4 is 17.4 Å². The third-order valence-electron chi connectivity index (χ3n) is 6.69. The fourth-order valence-electron chi connectivity index (χ4n) is 4.52. The molecule has 2 fully saturated rings. The zero-order valence-electron chi connectivity index (χ0n) is 19.1. The smallest absolute Gasteiger partial charge is 0.244 e. The van der Waals surface area contributed by atoms with Gasteiger partial charge in [-0.3, -0.25) is 14.5 Å².